The maximum atomic E-state index is 12.9. The fourth-order valence-corrected chi connectivity index (χ4v) is 7.99. The zero-order chi connectivity index (χ0) is 50.0. The van der Waals surface area contributed by atoms with E-state index in [1.165, 1.54) is 135 Å². The molecule has 0 radical (unpaired) electrons. The van der Waals surface area contributed by atoms with Gasteiger partial charge in [-0.2, -0.15) is 0 Å². The van der Waals surface area contributed by atoms with Crippen LogP contribution in [0.15, 0.2) is 85.1 Å². The Morgan fingerprint density at radius 3 is 0.928 bits per heavy atom. The second kappa shape index (κ2) is 57.2. The maximum absolute atomic E-state index is 12.9. The van der Waals surface area contributed by atoms with E-state index in [0.29, 0.717) is 19.3 Å². The van der Waals surface area contributed by atoms with E-state index in [-0.39, 0.29) is 31.1 Å². The predicted octanol–water partition coefficient (Wildman–Crippen LogP) is 19.5. The van der Waals surface area contributed by atoms with Crippen LogP contribution in [0.5, 0.6) is 0 Å². The molecule has 0 spiro atoms. The summed E-state index contributed by atoms with van der Waals surface area (Å²) >= 11 is 0. The van der Waals surface area contributed by atoms with Gasteiger partial charge in [-0.15, -0.1) is 0 Å². The van der Waals surface area contributed by atoms with Gasteiger partial charge >= 0.3 is 17.9 Å². The minimum Gasteiger partial charge on any atom is -0.462 e. The molecular formula is C63H108O6. The second-order valence-electron chi connectivity index (χ2n) is 19.2. The first kappa shape index (κ1) is 65.6. The van der Waals surface area contributed by atoms with Crippen LogP contribution in [0.2, 0.25) is 0 Å². The van der Waals surface area contributed by atoms with Gasteiger partial charge in [0, 0.05) is 19.3 Å². The molecule has 6 nitrogen and oxygen atoms in total. The molecule has 69 heavy (non-hydrogen) atoms. The SMILES string of the molecule is CC/C=C\C/C=C\C/C=C\C/C=C\CCCCCCC(=O)OC[C@H](COC(=O)CCCCCCCCC/C=C\CCCCCC)OC(=O)CCCCCCCCCCC/C=C\C/C=C\CCCCC. The number of carbonyl (C=O) groups excluding carboxylic acids is 3. The van der Waals surface area contributed by atoms with Gasteiger partial charge in [-0.05, 0) is 116 Å². The van der Waals surface area contributed by atoms with Crippen LogP contribution >= 0.6 is 0 Å². The van der Waals surface area contributed by atoms with Gasteiger partial charge in [0.1, 0.15) is 13.2 Å². The largest absolute Gasteiger partial charge is 0.462 e. The molecule has 0 aromatic rings. The lowest BCUT2D eigenvalue weighted by atomic mass is 10.1. The number of hydrogen-bond donors (Lipinski definition) is 0. The van der Waals surface area contributed by atoms with Gasteiger partial charge in [-0.3, -0.25) is 14.4 Å². The highest BCUT2D eigenvalue weighted by atomic mass is 16.6. The summed E-state index contributed by atoms with van der Waals surface area (Å²) in [5.74, 6) is -0.915. The summed E-state index contributed by atoms with van der Waals surface area (Å²) in [7, 11) is 0. The summed E-state index contributed by atoms with van der Waals surface area (Å²) in [5.41, 5.74) is 0. The van der Waals surface area contributed by atoms with Crippen molar-refractivity contribution in [3.8, 4) is 0 Å². The average molecular weight is 962 g/mol. The Morgan fingerprint density at radius 1 is 0.304 bits per heavy atom. The number of esters is 3. The van der Waals surface area contributed by atoms with Crippen molar-refractivity contribution < 1.29 is 28.6 Å². The molecule has 0 bridgehead atoms. The number of hydrogen-bond acceptors (Lipinski definition) is 6. The van der Waals surface area contributed by atoms with Gasteiger partial charge in [-0.25, -0.2) is 0 Å². The molecule has 0 rings (SSSR count). The van der Waals surface area contributed by atoms with Crippen LogP contribution in [0.25, 0.3) is 0 Å². The van der Waals surface area contributed by atoms with E-state index in [1.54, 1.807) is 0 Å². The van der Waals surface area contributed by atoms with Crippen molar-refractivity contribution in [1.29, 1.82) is 0 Å². The van der Waals surface area contributed by atoms with E-state index < -0.39 is 6.10 Å². The standard InChI is InChI=1S/C63H108O6/c1-4-7-10-13-16-19-22-25-28-30-31-33-36-39-42-45-48-51-54-57-63(66)69-60(58-67-61(64)55-52-49-46-43-40-37-34-27-24-21-18-15-12-9-6-3)59-68-62(65)56-53-50-47-44-41-38-35-32-29-26-23-20-17-14-11-8-5-2/h8,11,16-17,19-21,24-26,28-29,35,38,60H,4-7,9-10,12-15,18,22-23,27,30-34,36-37,39-59H2,1-3H3/b11-8-,19-16-,20-17-,24-21-,28-25-,29-26-,38-35-/t60-/m0/s1. The van der Waals surface area contributed by atoms with E-state index in [2.05, 4.69) is 106 Å². The molecular weight excluding hydrogens is 853 g/mol. The third-order valence-electron chi connectivity index (χ3n) is 12.4. The minimum atomic E-state index is -0.792. The number of ether oxygens (including phenoxy) is 3. The molecule has 0 fully saturated rings. The van der Waals surface area contributed by atoms with Crippen LogP contribution in [0.1, 0.15) is 278 Å². The Labute approximate surface area is 426 Å². The predicted molar refractivity (Wildman–Crippen MR) is 297 cm³/mol. The lowest BCUT2D eigenvalue weighted by Crippen LogP contribution is -2.30. The van der Waals surface area contributed by atoms with Gasteiger partial charge in [0.15, 0.2) is 6.10 Å². The highest BCUT2D eigenvalue weighted by molar-refractivity contribution is 5.71. The number of allylic oxidation sites excluding steroid dienone is 14. The zero-order valence-corrected chi connectivity index (χ0v) is 45.3. The lowest BCUT2D eigenvalue weighted by Gasteiger charge is -2.18. The topological polar surface area (TPSA) is 78.9 Å². The molecule has 0 aromatic heterocycles. The third-order valence-corrected chi connectivity index (χ3v) is 12.4. The molecule has 0 unspecified atom stereocenters. The smallest absolute Gasteiger partial charge is 0.306 e. The fourth-order valence-electron chi connectivity index (χ4n) is 7.99. The quantitative estimate of drug-likeness (QED) is 0.0262. The van der Waals surface area contributed by atoms with Gasteiger partial charge in [0.2, 0.25) is 0 Å². The van der Waals surface area contributed by atoms with E-state index >= 15 is 0 Å². The van der Waals surface area contributed by atoms with Crippen molar-refractivity contribution in [3.63, 3.8) is 0 Å². The van der Waals surface area contributed by atoms with Gasteiger partial charge in [0.25, 0.3) is 0 Å². The van der Waals surface area contributed by atoms with E-state index in [4.69, 9.17) is 14.2 Å². The van der Waals surface area contributed by atoms with Crippen molar-refractivity contribution in [2.75, 3.05) is 13.2 Å². The normalized spacial score (nSPS) is 12.7. The van der Waals surface area contributed by atoms with Crippen LogP contribution in [0, 0.1) is 0 Å². The second-order valence-corrected chi connectivity index (χ2v) is 19.2. The first-order valence-electron chi connectivity index (χ1n) is 29.1. The summed E-state index contributed by atoms with van der Waals surface area (Å²) in [5, 5.41) is 0. The monoisotopic (exact) mass is 961 g/mol. The summed E-state index contributed by atoms with van der Waals surface area (Å²) in [6.45, 7) is 6.48. The van der Waals surface area contributed by atoms with Gasteiger partial charge in [0.05, 0.1) is 0 Å². The van der Waals surface area contributed by atoms with Crippen molar-refractivity contribution in [1.82, 2.24) is 0 Å². The molecule has 0 amide bonds. The Balaban J connectivity index is 4.43. The lowest BCUT2D eigenvalue weighted by molar-refractivity contribution is -0.167. The molecule has 0 N–H and O–H groups in total. The van der Waals surface area contributed by atoms with Crippen molar-refractivity contribution >= 4 is 17.9 Å². The van der Waals surface area contributed by atoms with Gasteiger partial charge in [-0.1, -0.05) is 228 Å². The molecule has 0 aromatic carbocycles. The van der Waals surface area contributed by atoms with Crippen molar-refractivity contribution in [3.05, 3.63) is 85.1 Å². The van der Waals surface area contributed by atoms with Gasteiger partial charge < -0.3 is 14.2 Å². The Hall–Kier alpha value is -3.41. The minimum absolute atomic E-state index is 0.0881. The van der Waals surface area contributed by atoms with Crippen molar-refractivity contribution in [2.45, 2.75) is 284 Å². The zero-order valence-electron chi connectivity index (χ0n) is 45.3. The first-order valence-corrected chi connectivity index (χ1v) is 29.1. The maximum Gasteiger partial charge on any atom is 0.306 e. The molecule has 396 valence electrons. The van der Waals surface area contributed by atoms with Crippen LogP contribution in [-0.4, -0.2) is 37.2 Å². The van der Waals surface area contributed by atoms with Crippen LogP contribution in [0.3, 0.4) is 0 Å². The molecule has 0 saturated heterocycles. The summed E-state index contributed by atoms with van der Waals surface area (Å²) < 4.78 is 16.9. The number of unbranched alkanes of at least 4 members (excludes halogenated alkanes) is 27. The molecule has 0 saturated carbocycles. The third kappa shape index (κ3) is 55.4. The van der Waals surface area contributed by atoms with Crippen LogP contribution < -0.4 is 0 Å². The Bertz CT molecular complexity index is 1330. The number of rotatable bonds is 52. The Morgan fingerprint density at radius 2 is 0.565 bits per heavy atom. The molecule has 0 aliphatic rings. The van der Waals surface area contributed by atoms with E-state index in [9.17, 15) is 14.4 Å². The molecule has 1 atom stereocenters. The van der Waals surface area contributed by atoms with Crippen LogP contribution in [0.4, 0.5) is 0 Å². The van der Waals surface area contributed by atoms with E-state index in [1.807, 2.05) is 0 Å². The van der Waals surface area contributed by atoms with E-state index in [0.717, 1.165) is 103 Å². The highest BCUT2D eigenvalue weighted by Gasteiger charge is 2.19. The molecule has 0 aliphatic heterocycles. The molecule has 0 aliphatic carbocycles. The summed E-state index contributed by atoms with van der Waals surface area (Å²) in [4.78, 5) is 38.2. The fraction of sp³-hybridized carbons (Fsp3) is 0.730. The first-order chi connectivity index (χ1) is 34.0. The summed E-state index contributed by atoms with van der Waals surface area (Å²) in [6, 6.07) is 0. The van der Waals surface area contributed by atoms with Crippen molar-refractivity contribution in [2.24, 2.45) is 0 Å². The molecule has 0 heterocycles. The number of carbonyl (C=O) groups is 3. The summed E-state index contributed by atoms with van der Waals surface area (Å²) in [6.07, 6.45) is 74.2. The average Bonchev–Trinajstić information content (AvgIpc) is 3.35. The highest BCUT2D eigenvalue weighted by Crippen LogP contribution is 2.15. The van der Waals surface area contributed by atoms with Crippen LogP contribution in [-0.2, 0) is 28.6 Å². The Kier molecular flexibility index (Phi) is 54.3. The molecule has 6 heteroatoms.